The first-order valence-electron chi connectivity index (χ1n) is 6.92. The number of guanidine groups is 1. The van der Waals surface area contributed by atoms with Crippen molar-refractivity contribution >= 4 is 29.9 Å². The molecule has 2 rings (SSSR count). The van der Waals surface area contributed by atoms with Crippen LogP contribution in [0.25, 0.3) is 0 Å². The van der Waals surface area contributed by atoms with Gasteiger partial charge in [-0.15, -0.1) is 24.0 Å². The largest absolute Gasteiger partial charge is 0.384 e. The summed E-state index contributed by atoms with van der Waals surface area (Å²) in [6.07, 6.45) is 1.13. The van der Waals surface area contributed by atoms with E-state index in [2.05, 4.69) is 15.2 Å². The summed E-state index contributed by atoms with van der Waals surface area (Å²) < 4.78 is 18.1. The van der Waals surface area contributed by atoms with E-state index < -0.39 is 0 Å². The van der Waals surface area contributed by atoms with Crippen LogP contribution in [-0.2, 0) is 11.3 Å². The van der Waals surface area contributed by atoms with Crippen LogP contribution in [0.3, 0.4) is 0 Å². The molecule has 0 saturated carbocycles. The van der Waals surface area contributed by atoms with Crippen LogP contribution in [0.5, 0.6) is 0 Å². The van der Waals surface area contributed by atoms with Gasteiger partial charge in [-0.05, 0) is 24.1 Å². The van der Waals surface area contributed by atoms with Crippen LogP contribution >= 0.6 is 24.0 Å². The number of nitrogens with zero attached hydrogens (tertiary/aromatic N) is 2. The first-order chi connectivity index (χ1) is 9.72. The summed E-state index contributed by atoms with van der Waals surface area (Å²) in [7, 11) is 3.53. The third kappa shape index (κ3) is 5.43. The van der Waals surface area contributed by atoms with E-state index >= 15 is 0 Å². The molecule has 1 unspecified atom stereocenters. The number of rotatable bonds is 4. The van der Waals surface area contributed by atoms with Gasteiger partial charge in [0.05, 0.1) is 6.61 Å². The molecule has 1 aromatic carbocycles. The van der Waals surface area contributed by atoms with Crippen molar-refractivity contribution in [2.75, 3.05) is 33.9 Å². The third-order valence-corrected chi connectivity index (χ3v) is 3.56. The molecule has 1 aromatic rings. The van der Waals surface area contributed by atoms with Gasteiger partial charge in [-0.3, -0.25) is 4.99 Å². The van der Waals surface area contributed by atoms with E-state index in [4.69, 9.17) is 4.74 Å². The molecule has 0 bridgehead atoms. The average Bonchev–Trinajstić information content (AvgIpc) is 2.91. The second-order valence-electron chi connectivity index (χ2n) is 5.08. The number of benzene rings is 1. The zero-order chi connectivity index (χ0) is 14.4. The fourth-order valence-corrected chi connectivity index (χ4v) is 2.51. The molecule has 1 fully saturated rings. The van der Waals surface area contributed by atoms with Crippen LogP contribution in [0.2, 0.25) is 0 Å². The Balaban J connectivity index is 0.00000220. The Morgan fingerprint density at radius 2 is 2.14 bits per heavy atom. The molecule has 1 aliphatic rings. The number of aliphatic imine (C=N–C) groups is 1. The quantitative estimate of drug-likeness (QED) is 0.474. The fraction of sp³-hybridized carbons (Fsp3) is 0.533. The summed E-state index contributed by atoms with van der Waals surface area (Å²) in [5, 5.41) is 3.32. The number of halogens is 2. The van der Waals surface area contributed by atoms with E-state index in [1.54, 1.807) is 26.3 Å². The first kappa shape index (κ1) is 18.2. The van der Waals surface area contributed by atoms with Crippen LogP contribution in [0, 0.1) is 11.7 Å². The lowest BCUT2D eigenvalue weighted by Gasteiger charge is -2.21. The van der Waals surface area contributed by atoms with Crippen LogP contribution in [0.1, 0.15) is 12.0 Å². The molecule has 1 N–H and O–H groups in total. The van der Waals surface area contributed by atoms with E-state index in [1.807, 2.05) is 0 Å². The molecular weight excluding hydrogens is 384 g/mol. The van der Waals surface area contributed by atoms with Crippen molar-refractivity contribution in [1.82, 2.24) is 10.2 Å². The summed E-state index contributed by atoms with van der Waals surface area (Å²) in [5.74, 6) is 1.26. The maximum Gasteiger partial charge on any atom is 0.193 e. The Kier molecular flexibility index (Phi) is 7.95. The van der Waals surface area contributed by atoms with E-state index in [9.17, 15) is 4.39 Å². The first-order valence-corrected chi connectivity index (χ1v) is 6.92. The zero-order valence-electron chi connectivity index (χ0n) is 12.5. The van der Waals surface area contributed by atoms with Gasteiger partial charge in [0, 0.05) is 39.7 Å². The zero-order valence-corrected chi connectivity index (χ0v) is 14.8. The van der Waals surface area contributed by atoms with Crippen LogP contribution in [0.4, 0.5) is 4.39 Å². The SMILES string of the molecule is CN=C(NCc1ccc(F)cc1)N1CCC(COC)C1.I. The minimum absolute atomic E-state index is 0. The van der Waals surface area contributed by atoms with Gasteiger partial charge >= 0.3 is 0 Å². The van der Waals surface area contributed by atoms with Crippen molar-refractivity contribution in [2.24, 2.45) is 10.9 Å². The lowest BCUT2D eigenvalue weighted by atomic mass is 10.1. The van der Waals surface area contributed by atoms with Crippen molar-refractivity contribution in [1.29, 1.82) is 0 Å². The Morgan fingerprint density at radius 3 is 2.76 bits per heavy atom. The lowest BCUT2D eigenvalue weighted by molar-refractivity contribution is 0.157. The highest BCUT2D eigenvalue weighted by Gasteiger charge is 2.24. The number of methoxy groups -OCH3 is 1. The normalized spacial score (nSPS) is 18.5. The Labute approximate surface area is 142 Å². The molecular formula is C15H23FIN3O. The maximum absolute atomic E-state index is 12.8. The minimum Gasteiger partial charge on any atom is -0.384 e. The highest BCUT2D eigenvalue weighted by Crippen LogP contribution is 2.16. The van der Waals surface area contributed by atoms with Crippen molar-refractivity contribution in [3.63, 3.8) is 0 Å². The Morgan fingerprint density at radius 1 is 1.43 bits per heavy atom. The third-order valence-electron chi connectivity index (χ3n) is 3.56. The number of ether oxygens (including phenoxy) is 1. The molecule has 0 radical (unpaired) electrons. The monoisotopic (exact) mass is 407 g/mol. The van der Waals surface area contributed by atoms with Gasteiger partial charge in [0.15, 0.2) is 5.96 Å². The minimum atomic E-state index is -0.208. The Bertz CT molecular complexity index is 453. The predicted octanol–water partition coefficient (Wildman–Crippen LogP) is 2.49. The number of nitrogens with one attached hydrogen (secondary N) is 1. The molecule has 6 heteroatoms. The van der Waals surface area contributed by atoms with Crippen LogP contribution < -0.4 is 5.32 Å². The van der Waals surface area contributed by atoms with E-state index in [0.717, 1.165) is 37.6 Å². The molecule has 0 aliphatic carbocycles. The lowest BCUT2D eigenvalue weighted by Crippen LogP contribution is -2.39. The van der Waals surface area contributed by atoms with Gasteiger partial charge in [0.25, 0.3) is 0 Å². The highest BCUT2D eigenvalue weighted by atomic mass is 127. The van der Waals surface area contributed by atoms with Crippen molar-refractivity contribution in [2.45, 2.75) is 13.0 Å². The molecule has 0 amide bonds. The highest BCUT2D eigenvalue weighted by molar-refractivity contribution is 14.0. The molecule has 21 heavy (non-hydrogen) atoms. The van der Waals surface area contributed by atoms with Gasteiger partial charge in [0.1, 0.15) is 5.82 Å². The molecule has 4 nitrogen and oxygen atoms in total. The second-order valence-corrected chi connectivity index (χ2v) is 5.08. The standard InChI is InChI=1S/C15H22FN3O.HI/c1-17-15(19-8-7-13(10-19)11-20-2)18-9-12-3-5-14(16)6-4-12;/h3-6,13H,7-11H2,1-2H3,(H,17,18);1H. The van der Waals surface area contributed by atoms with Gasteiger partial charge in [-0.1, -0.05) is 12.1 Å². The van der Waals surface area contributed by atoms with Gasteiger partial charge in [-0.2, -0.15) is 0 Å². The molecule has 0 spiro atoms. The summed E-state index contributed by atoms with van der Waals surface area (Å²) >= 11 is 0. The molecule has 118 valence electrons. The number of hydrogen-bond acceptors (Lipinski definition) is 2. The molecule has 1 atom stereocenters. The van der Waals surface area contributed by atoms with E-state index in [1.165, 1.54) is 12.1 Å². The van der Waals surface area contributed by atoms with Crippen molar-refractivity contribution in [3.8, 4) is 0 Å². The topological polar surface area (TPSA) is 36.9 Å². The van der Waals surface area contributed by atoms with Gasteiger partial charge < -0.3 is 15.0 Å². The smallest absolute Gasteiger partial charge is 0.193 e. The van der Waals surface area contributed by atoms with Gasteiger partial charge in [-0.25, -0.2) is 4.39 Å². The summed E-state index contributed by atoms with van der Waals surface area (Å²) in [6, 6.07) is 6.52. The summed E-state index contributed by atoms with van der Waals surface area (Å²) in [6.45, 7) is 3.41. The van der Waals surface area contributed by atoms with E-state index in [-0.39, 0.29) is 29.8 Å². The van der Waals surface area contributed by atoms with Crippen LogP contribution in [0.15, 0.2) is 29.3 Å². The molecule has 1 saturated heterocycles. The van der Waals surface area contributed by atoms with Crippen LogP contribution in [-0.4, -0.2) is 44.7 Å². The van der Waals surface area contributed by atoms with E-state index in [0.29, 0.717) is 12.5 Å². The molecule has 1 aliphatic heterocycles. The fourth-order valence-electron chi connectivity index (χ4n) is 2.51. The Hall–Kier alpha value is -0.890. The summed E-state index contributed by atoms with van der Waals surface area (Å²) in [5.41, 5.74) is 1.04. The van der Waals surface area contributed by atoms with Crippen molar-refractivity contribution < 1.29 is 9.13 Å². The average molecular weight is 407 g/mol. The maximum atomic E-state index is 12.8. The molecule has 1 heterocycles. The second kappa shape index (κ2) is 9.19. The molecule has 0 aromatic heterocycles. The number of hydrogen-bond donors (Lipinski definition) is 1. The number of likely N-dealkylation sites (tertiary alicyclic amines) is 1. The summed E-state index contributed by atoms with van der Waals surface area (Å²) in [4.78, 5) is 6.56. The van der Waals surface area contributed by atoms with Gasteiger partial charge in [0.2, 0.25) is 0 Å². The van der Waals surface area contributed by atoms with Crippen molar-refractivity contribution in [3.05, 3.63) is 35.6 Å². The predicted molar refractivity (Wildman–Crippen MR) is 93.6 cm³/mol.